The predicted molar refractivity (Wildman–Crippen MR) is 113 cm³/mol. The third kappa shape index (κ3) is 4.43. The molecule has 10 heteroatoms. The van der Waals surface area contributed by atoms with Crippen LogP contribution in [0.1, 0.15) is 6.92 Å². The summed E-state index contributed by atoms with van der Waals surface area (Å²) in [6, 6.07) is 3.00. The molecule has 2 N–H and O–H groups in total. The molecule has 0 unspecified atom stereocenters. The van der Waals surface area contributed by atoms with Crippen molar-refractivity contribution in [1.82, 2.24) is 0 Å². The quantitative estimate of drug-likeness (QED) is 0.255. The second-order valence-corrected chi connectivity index (χ2v) is 9.35. The Balaban J connectivity index is 2.29. The van der Waals surface area contributed by atoms with Gasteiger partial charge in [0.25, 0.3) is 0 Å². The van der Waals surface area contributed by atoms with Crippen molar-refractivity contribution < 1.29 is 19.7 Å². The zero-order valence-corrected chi connectivity index (χ0v) is 21.2. The van der Waals surface area contributed by atoms with Crippen molar-refractivity contribution >= 4 is 95.6 Å². The Morgan fingerprint density at radius 2 is 1.04 bits per heavy atom. The lowest BCUT2D eigenvalue weighted by molar-refractivity contribution is 0.0169. The second kappa shape index (κ2) is 8.47. The number of rotatable bonds is 4. The number of halogens is 6. The number of hydrogen-bond donors (Lipinski definition) is 2. The Hall–Kier alpha value is 0.520. The van der Waals surface area contributed by atoms with Gasteiger partial charge in [0.2, 0.25) is 6.29 Å². The minimum atomic E-state index is -0.796. The standard InChI is InChI=1S/C14H8Br6O4/c1-4(23-13-7(21)2-5(15)9(17)11(13)19)24-14-8(22)3-6(16)10(18)12(14)20/h2-4,21-22H,1H3. The van der Waals surface area contributed by atoms with E-state index in [1.807, 2.05) is 0 Å². The first-order chi connectivity index (χ1) is 11.1. The first-order valence-corrected chi connectivity index (χ1v) is 11.0. The van der Waals surface area contributed by atoms with Crippen molar-refractivity contribution in [3.8, 4) is 23.0 Å². The molecule has 0 saturated heterocycles. The minimum Gasteiger partial charge on any atom is -0.504 e. The average molecular weight is 720 g/mol. The van der Waals surface area contributed by atoms with Gasteiger partial charge in [-0.05, 0) is 108 Å². The molecule has 0 fully saturated rings. The van der Waals surface area contributed by atoms with Crippen molar-refractivity contribution in [2.24, 2.45) is 0 Å². The van der Waals surface area contributed by atoms with E-state index in [0.717, 1.165) is 0 Å². The Morgan fingerprint density at radius 1 is 0.708 bits per heavy atom. The minimum absolute atomic E-state index is 0.0623. The first-order valence-electron chi connectivity index (χ1n) is 6.19. The van der Waals surface area contributed by atoms with E-state index >= 15 is 0 Å². The van der Waals surface area contributed by atoms with Crippen LogP contribution in [-0.2, 0) is 0 Å². The molecule has 4 nitrogen and oxygen atoms in total. The van der Waals surface area contributed by atoms with Gasteiger partial charge in [0.05, 0.1) is 8.95 Å². The van der Waals surface area contributed by atoms with Crippen LogP contribution in [0.3, 0.4) is 0 Å². The number of ether oxygens (including phenoxy) is 2. The third-order valence-corrected chi connectivity index (χ3v) is 9.30. The molecule has 0 atom stereocenters. The van der Waals surface area contributed by atoms with Crippen molar-refractivity contribution in [2.45, 2.75) is 13.2 Å². The SMILES string of the molecule is CC(Oc1c(O)cc(Br)c(Br)c1Br)Oc1c(O)cc(Br)c(Br)c1Br. The Morgan fingerprint density at radius 3 is 1.38 bits per heavy atom. The van der Waals surface area contributed by atoms with Gasteiger partial charge in [0, 0.05) is 24.8 Å². The highest BCUT2D eigenvalue weighted by atomic mass is 79.9. The maximum atomic E-state index is 10.1. The molecule has 0 amide bonds. The Kier molecular flexibility index (Phi) is 7.35. The van der Waals surface area contributed by atoms with Crippen LogP contribution in [0.5, 0.6) is 23.0 Å². The summed E-state index contributed by atoms with van der Waals surface area (Å²) in [5.41, 5.74) is 0. The largest absolute Gasteiger partial charge is 0.504 e. The zero-order chi connectivity index (χ0) is 18.2. The molecule has 0 aliphatic carbocycles. The van der Waals surface area contributed by atoms with Gasteiger partial charge in [0.1, 0.15) is 0 Å². The molecule has 0 aliphatic rings. The maximum Gasteiger partial charge on any atom is 0.238 e. The molecule has 0 bridgehead atoms. The normalized spacial score (nSPS) is 11.0. The summed E-state index contributed by atoms with van der Waals surface area (Å²) < 4.78 is 15.1. The number of hydrogen-bond acceptors (Lipinski definition) is 4. The van der Waals surface area contributed by atoms with Gasteiger partial charge >= 0.3 is 0 Å². The van der Waals surface area contributed by atoms with Crippen LogP contribution >= 0.6 is 95.6 Å². The van der Waals surface area contributed by atoms with Crippen LogP contribution in [-0.4, -0.2) is 16.5 Å². The molecule has 24 heavy (non-hydrogen) atoms. The van der Waals surface area contributed by atoms with Crippen LogP contribution in [0.15, 0.2) is 39.0 Å². The molecule has 130 valence electrons. The maximum absolute atomic E-state index is 10.1. The monoisotopic (exact) mass is 714 g/mol. The summed E-state index contributed by atoms with van der Waals surface area (Å²) in [5, 5.41) is 20.1. The van der Waals surface area contributed by atoms with Crippen LogP contribution in [0, 0.1) is 0 Å². The second-order valence-electron chi connectivity index (χ2n) is 4.47. The number of benzene rings is 2. The van der Waals surface area contributed by atoms with Crippen LogP contribution < -0.4 is 9.47 Å². The van der Waals surface area contributed by atoms with Crippen LogP contribution in [0.2, 0.25) is 0 Å². The van der Waals surface area contributed by atoms with Crippen molar-refractivity contribution in [3.05, 3.63) is 39.0 Å². The molecule has 0 aliphatic heterocycles. The summed E-state index contributed by atoms with van der Waals surface area (Å²) >= 11 is 20.1. The number of phenolic OH excluding ortho intramolecular Hbond substituents is 2. The lowest BCUT2D eigenvalue weighted by atomic mass is 10.3. The van der Waals surface area contributed by atoms with Gasteiger partial charge in [-0.25, -0.2) is 0 Å². The van der Waals surface area contributed by atoms with E-state index in [1.54, 1.807) is 6.92 Å². The molecule has 0 radical (unpaired) electrons. The Labute approximate surface area is 188 Å². The van der Waals surface area contributed by atoms with E-state index in [-0.39, 0.29) is 23.0 Å². The van der Waals surface area contributed by atoms with Gasteiger partial charge in [-0.3, -0.25) is 0 Å². The molecule has 2 rings (SSSR count). The predicted octanol–water partition coefficient (Wildman–Crippen LogP) is 7.48. The van der Waals surface area contributed by atoms with E-state index in [4.69, 9.17) is 9.47 Å². The molecule has 0 saturated carbocycles. The first kappa shape index (κ1) is 20.8. The topological polar surface area (TPSA) is 58.9 Å². The van der Waals surface area contributed by atoms with Gasteiger partial charge in [-0.15, -0.1) is 0 Å². The lowest BCUT2D eigenvalue weighted by Crippen LogP contribution is -2.20. The number of aromatic hydroxyl groups is 2. The molecule has 0 spiro atoms. The van der Waals surface area contributed by atoms with Gasteiger partial charge in [-0.1, -0.05) is 0 Å². The van der Waals surface area contributed by atoms with E-state index in [1.165, 1.54) is 12.1 Å². The van der Waals surface area contributed by atoms with E-state index in [2.05, 4.69) is 95.6 Å². The highest BCUT2D eigenvalue weighted by Gasteiger charge is 2.21. The lowest BCUT2D eigenvalue weighted by Gasteiger charge is -2.21. The zero-order valence-electron chi connectivity index (χ0n) is 11.7. The third-order valence-electron chi connectivity index (χ3n) is 2.76. The highest BCUT2D eigenvalue weighted by Crippen LogP contribution is 2.46. The van der Waals surface area contributed by atoms with Crippen molar-refractivity contribution in [2.75, 3.05) is 0 Å². The summed E-state index contributed by atoms with van der Waals surface area (Å²) in [6.07, 6.45) is -0.796. The summed E-state index contributed by atoms with van der Waals surface area (Å²) in [6.45, 7) is 1.64. The Bertz CT molecular complexity index is 730. The van der Waals surface area contributed by atoms with Crippen molar-refractivity contribution in [3.63, 3.8) is 0 Å². The molecule has 2 aromatic rings. The molecule has 0 heterocycles. The number of phenols is 2. The molecule has 2 aromatic carbocycles. The fraction of sp³-hybridized carbons (Fsp3) is 0.143. The van der Waals surface area contributed by atoms with Gasteiger partial charge < -0.3 is 19.7 Å². The van der Waals surface area contributed by atoms with Crippen molar-refractivity contribution in [1.29, 1.82) is 0 Å². The average Bonchev–Trinajstić information content (AvgIpc) is 2.51. The van der Waals surface area contributed by atoms with Gasteiger partial charge in [-0.2, -0.15) is 0 Å². The van der Waals surface area contributed by atoms with E-state index in [9.17, 15) is 10.2 Å². The molecule has 0 aromatic heterocycles. The fourth-order valence-electron chi connectivity index (χ4n) is 1.71. The molecular weight excluding hydrogens is 712 g/mol. The smallest absolute Gasteiger partial charge is 0.238 e. The molecular formula is C14H8Br6O4. The van der Waals surface area contributed by atoms with Crippen LogP contribution in [0.25, 0.3) is 0 Å². The van der Waals surface area contributed by atoms with E-state index < -0.39 is 6.29 Å². The van der Waals surface area contributed by atoms with Crippen LogP contribution in [0.4, 0.5) is 0 Å². The fourth-order valence-corrected chi connectivity index (χ4v) is 4.68. The summed E-state index contributed by atoms with van der Waals surface area (Å²) in [7, 11) is 0. The highest BCUT2D eigenvalue weighted by molar-refractivity contribution is 9.15. The summed E-state index contributed by atoms with van der Waals surface area (Å²) in [4.78, 5) is 0. The van der Waals surface area contributed by atoms with E-state index in [0.29, 0.717) is 26.8 Å². The van der Waals surface area contributed by atoms with Gasteiger partial charge in [0.15, 0.2) is 23.0 Å². The summed E-state index contributed by atoms with van der Waals surface area (Å²) in [5.74, 6) is 0.300.